The lowest BCUT2D eigenvalue weighted by atomic mass is 9.91. The third-order valence-corrected chi connectivity index (χ3v) is 2.86. The summed E-state index contributed by atoms with van der Waals surface area (Å²) in [5, 5.41) is 0. The fraction of sp³-hybridized carbons (Fsp3) is 0.600. The summed E-state index contributed by atoms with van der Waals surface area (Å²) < 4.78 is 0. The SMILES string of the molecule is CSCC(C)(C)Cc1ncccn1. The predicted octanol–water partition coefficient (Wildman–Crippen LogP) is 2.41. The monoisotopic (exact) mass is 196 g/mol. The van der Waals surface area contributed by atoms with Crippen LogP contribution in [0.15, 0.2) is 18.5 Å². The molecule has 0 N–H and O–H groups in total. The van der Waals surface area contributed by atoms with Gasteiger partial charge in [0.2, 0.25) is 0 Å². The lowest BCUT2D eigenvalue weighted by molar-refractivity contribution is 0.410. The first-order valence-electron chi connectivity index (χ1n) is 4.39. The van der Waals surface area contributed by atoms with Gasteiger partial charge in [-0.15, -0.1) is 0 Å². The van der Waals surface area contributed by atoms with Gasteiger partial charge in [-0.1, -0.05) is 13.8 Å². The molecule has 1 aromatic heterocycles. The summed E-state index contributed by atoms with van der Waals surface area (Å²) in [6, 6.07) is 1.85. The zero-order valence-corrected chi connectivity index (χ0v) is 9.27. The van der Waals surface area contributed by atoms with Crippen molar-refractivity contribution in [1.82, 2.24) is 9.97 Å². The van der Waals surface area contributed by atoms with Crippen molar-refractivity contribution in [2.24, 2.45) is 5.41 Å². The summed E-state index contributed by atoms with van der Waals surface area (Å²) in [6.45, 7) is 4.50. The maximum atomic E-state index is 4.23. The van der Waals surface area contributed by atoms with Gasteiger partial charge in [0.15, 0.2) is 0 Å². The van der Waals surface area contributed by atoms with Crippen LogP contribution >= 0.6 is 11.8 Å². The summed E-state index contributed by atoms with van der Waals surface area (Å²) in [5.74, 6) is 2.09. The Morgan fingerprint density at radius 2 is 1.92 bits per heavy atom. The highest BCUT2D eigenvalue weighted by Gasteiger charge is 2.18. The van der Waals surface area contributed by atoms with E-state index in [-0.39, 0.29) is 0 Å². The molecule has 13 heavy (non-hydrogen) atoms. The summed E-state index contributed by atoms with van der Waals surface area (Å²) in [7, 11) is 0. The first kappa shape index (κ1) is 10.5. The third kappa shape index (κ3) is 3.77. The number of aromatic nitrogens is 2. The Hall–Kier alpha value is -0.570. The topological polar surface area (TPSA) is 25.8 Å². The molecule has 0 aliphatic carbocycles. The van der Waals surface area contributed by atoms with E-state index < -0.39 is 0 Å². The summed E-state index contributed by atoms with van der Waals surface area (Å²) in [4.78, 5) is 8.45. The van der Waals surface area contributed by atoms with Crippen LogP contribution in [0.1, 0.15) is 19.7 Å². The van der Waals surface area contributed by atoms with Crippen LogP contribution in [0.25, 0.3) is 0 Å². The lowest BCUT2D eigenvalue weighted by Crippen LogP contribution is -2.19. The fourth-order valence-corrected chi connectivity index (χ4v) is 2.17. The van der Waals surface area contributed by atoms with E-state index >= 15 is 0 Å². The van der Waals surface area contributed by atoms with Gasteiger partial charge < -0.3 is 0 Å². The minimum absolute atomic E-state index is 0.292. The summed E-state index contributed by atoms with van der Waals surface area (Å²) in [5.41, 5.74) is 0.292. The van der Waals surface area contributed by atoms with E-state index in [0.717, 1.165) is 18.0 Å². The second-order valence-corrected chi connectivity index (χ2v) is 4.81. The first-order valence-corrected chi connectivity index (χ1v) is 5.78. The molecule has 0 amide bonds. The fourth-order valence-electron chi connectivity index (χ4n) is 1.29. The highest BCUT2D eigenvalue weighted by Crippen LogP contribution is 2.23. The number of thioether (sulfide) groups is 1. The van der Waals surface area contributed by atoms with Crippen molar-refractivity contribution in [2.45, 2.75) is 20.3 Å². The van der Waals surface area contributed by atoms with Crippen LogP contribution in [0.4, 0.5) is 0 Å². The Morgan fingerprint density at radius 1 is 1.31 bits per heavy atom. The Kier molecular flexibility index (Phi) is 3.72. The molecular formula is C10H16N2S. The molecule has 1 aromatic rings. The highest BCUT2D eigenvalue weighted by molar-refractivity contribution is 7.98. The van der Waals surface area contributed by atoms with Gasteiger partial charge in [0, 0.05) is 18.8 Å². The molecule has 0 aromatic carbocycles. The number of hydrogen-bond donors (Lipinski definition) is 0. The molecule has 0 radical (unpaired) electrons. The average molecular weight is 196 g/mol. The van der Waals surface area contributed by atoms with Crippen molar-refractivity contribution in [3.05, 3.63) is 24.3 Å². The third-order valence-electron chi connectivity index (χ3n) is 1.79. The van der Waals surface area contributed by atoms with E-state index in [0.29, 0.717) is 5.41 Å². The largest absolute Gasteiger partial charge is 0.241 e. The molecule has 0 saturated heterocycles. The van der Waals surface area contributed by atoms with E-state index in [4.69, 9.17) is 0 Å². The van der Waals surface area contributed by atoms with Gasteiger partial charge >= 0.3 is 0 Å². The van der Waals surface area contributed by atoms with Crippen LogP contribution in [0, 0.1) is 5.41 Å². The van der Waals surface area contributed by atoms with Crippen LogP contribution in [0.3, 0.4) is 0 Å². The molecule has 0 atom stereocenters. The molecule has 1 rings (SSSR count). The van der Waals surface area contributed by atoms with E-state index in [1.54, 1.807) is 12.4 Å². The van der Waals surface area contributed by atoms with Crippen molar-refractivity contribution < 1.29 is 0 Å². The average Bonchev–Trinajstić information content (AvgIpc) is 2.04. The minimum Gasteiger partial charge on any atom is -0.241 e. The number of nitrogens with zero attached hydrogens (tertiary/aromatic N) is 2. The van der Waals surface area contributed by atoms with Crippen molar-refractivity contribution >= 4 is 11.8 Å². The summed E-state index contributed by atoms with van der Waals surface area (Å²) >= 11 is 1.87. The molecule has 0 aliphatic rings. The first-order chi connectivity index (χ1) is 6.14. The van der Waals surface area contributed by atoms with Crippen LogP contribution in [0.5, 0.6) is 0 Å². The molecule has 0 aliphatic heterocycles. The zero-order chi connectivity index (χ0) is 9.73. The van der Waals surface area contributed by atoms with Crippen LogP contribution in [-0.2, 0) is 6.42 Å². The van der Waals surface area contributed by atoms with Gasteiger partial charge in [0.1, 0.15) is 5.82 Å². The molecular weight excluding hydrogens is 180 g/mol. The molecule has 0 unspecified atom stereocenters. The maximum Gasteiger partial charge on any atom is 0.128 e. The van der Waals surface area contributed by atoms with Gasteiger partial charge in [-0.3, -0.25) is 0 Å². The van der Waals surface area contributed by atoms with Crippen LogP contribution < -0.4 is 0 Å². The van der Waals surface area contributed by atoms with Crippen molar-refractivity contribution in [1.29, 1.82) is 0 Å². The maximum absolute atomic E-state index is 4.23. The van der Waals surface area contributed by atoms with Gasteiger partial charge in [-0.2, -0.15) is 11.8 Å². The molecule has 0 fully saturated rings. The van der Waals surface area contributed by atoms with Crippen LogP contribution in [-0.4, -0.2) is 22.0 Å². The molecule has 0 spiro atoms. The molecule has 0 bridgehead atoms. The Bertz CT molecular complexity index is 246. The quantitative estimate of drug-likeness (QED) is 0.739. The summed E-state index contributed by atoms with van der Waals surface area (Å²) in [6.07, 6.45) is 6.69. The second kappa shape index (κ2) is 4.61. The van der Waals surface area contributed by atoms with E-state index in [1.165, 1.54) is 0 Å². The Morgan fingerprint density at radius 3 is 2.46 bits per heavy atom. The lowest BCUT2D eigenvalue weighted by Gasteiger charge is -2.21. The molecule has 2 nitrogen and oxygen atoms in total. The minimum atomic E-state index is 0.292. The molecule has 1 heterocycles. The molecule has 72 valence electrons. The van der Waals surface area contributed by atoms with Crippen molar-refractivity contribution in [3.63, 3.8) is 0 Å². The smallest absolute Gasteiger partial charge is 0.128 e. The van der Waals surface area contributed by atoms with Crippen molar-refractivity contribution in [3.8, 4) is 0 Å². The standard InChI is InChI=1S/C10H16N2S/c1-10(2,8-13-3)7-9-11-5-4-6-12-9/h4-6H,7-8H2,1-3H3. The second-order valence-electron chi connectivity index (χ2n) is 3.94. The van der Waals surface area contributed by atoms with E-state index in [1.807, 2.05) is 17.8 Å². The van der Waals surface area contributed by atoms with Gasteiger partial charge in [-0.25, -0.2) is 9.97 Å². The van der Waals surface area contributed by atoms with Crippen LogP contribution in [0.2, 0.25) is 0 Å². The number of rotatable bonds is 4. The van der Waals surface area contributed by atoms with Gasteiger partial charge in [0.25, 0.3) is 0 Å². The van der Waals surface area contributed by atoms with E-state index in [9.17, 15) is 0 Å². The Labute approximate surface area is 84.2 Å². The molecule has 3 heteroatoms. The zero-order valence-electron chi connectivity index (χ0n) is 8.45. The number of hydrogen-bond acceptors (Lipinski definition) is 3. The van der Waals surface area contributed by atoms with Gasteiger partial charge in [-0.05, 0) is 23.5 Å². The highest BCUT2D eigenvalue weighted by atomic mass is 32.2. The van der Waals surface area contributed by atoms with Crippen molar-refractivity contribution in [2.75, 3.05) is 12.0 Å². The predicted molar refractivity (Wildman–Crippen MR) is 57.9 cm³/mol. The Balaban J connectivity index is 2.58. The van der Waals surface area contributed by atoms with E-state index in [2.05, 4.69) is 30.1 Å². The molecule has 0 saturated carbocycles. The normalized spacial score (nSPS) is 11.6. The van der Waals surface area contributed by atoms with Gasteiger partial charge in [0.05, 0.1) is 0 Å².